The van der Waals surface area contributed by atoms with Crippen LogP contribution in [0.15, 0.2) is 42.5 Å². The van der Waals surface area contributed by atoms with Gasteiger partial charge in [-0.3, -0.25) is 4.79 Å². The smallest absolute Gasteiger partial charge is 0.224 e. The summed E-state index contributed by atoms with van der Waals surface area (Å²) in [7, 11) is 0. The second-order valence-electron chi connectivity index (χ2n) is 5.85. The summed E-state index contributed by atoms with van der Waals surface area (Å²) in [6, 6.07) is 13.4. The number of hydrogen-bond acceptors (Lipinski definition) is 3. The van der Waals surface area contributed by atoms with E-state index in [2.05, 4.69) is 12.2 Å². The summed E-state index contributed by atoms with van der Waals surface area (Å²) in [5, 5.41) is 12.1. The third-order valence-corrected chi connectivity index (χ3v) is 3.80. The number of benzene rings is 2. The van der Waals surface area contributed by atoms with Crippen LogP contribution in [0.5, 0.6) is 5.75 Å². The molecule has 2 N–H and O–H groups in total. The Morgan fingerprint density at radius 2 is 1.83 bits per heavy atom. The van der Waals surface area contributed by atoms with Crippen molar-refractivity contribution < 1.29 is 14.6 Å². The van der Waals surface area contributed by atoms with Crippen LogP contribution in [0.3, 0.4) is 0 Å². The van der Waals surface area contributed by atoms with Gasteiger partial charge in [-0.2, -0.15) is 0 Å². The maximum atomic E-state index is 12.1. The third kappa shape index (κ3) is 5.39. The Hall–Kier alpha value is -2.33. The zero-order chi connectivity index (χ0) is 17.4. The molecule has 0 spiro atoms. The van der Waals surface area contributed by atoms with Crippen LogP contribution in [-0.2, 0) is 17.8 Å². The lowest BCUT2D eigenvalue weighted by Crippen LogP contribution is -2.13. The molecule has 0 radical (unpaired) electrons. The minimum absolute atomic E-state index is 0.0282. The molecule has 4 nitrogen and oxygen atoms in total. The van der Waals surface area contributed by atoms with Gasteiger partial charge in [-0.25, -0.2) is 0 Å². The number of carbonyl (C=O) groups excluding carboxylic acids is 1. The summed E-state index contributed by atoms with van der Waals surface area (Å²) in [4.78, 5) is 12.1. The lowest BCUT2D eigenvalue weighted by molar-refractivity contribution is -0.116. The van der Waals surface area contributed by atoms with E-state index in [1.54, 1.807) is 0 Å². The minimum atomic E-state index is -0.0321. The first kappa shape index (κ1) is 18.0. The van der Waals surface area contributed by atoms with E-state index < -0.39 is 0 Å². The number of anilines is 1. The first-order chi connectivity index (χ1) is 11.6. The zero-order valence-electron chi connectivity index (χ0n) is 14.3. The Labute approximate surface area is 143 Å². The van der Waals surface area contributed by atoms with Crippen molar-refractivity contribution in [2.24, 2.45) is 0 Å². The average Bonchev–Trinajstić information content (AvgIpc) is 2.61. The number of nitrogens with one attached hydrogen (secondary N) is 1. The Morgan fingerprint density at radius 3 is 2.50 bits per heavy atom. The second-order valence-corrected chi connectivity index (χ2v) is 5.85. The van der Waals surface area contributed by atoms with Crippen LogP contribution < -0.4 is 10.1 Å². The summed E-state index contributed by atoms with van der Waals surface area (Å²) in [5.74, 6) is 0.834. The van der Waals surface area contributed by atoms with Crippen molar-refractivity contribution in [1.29, 1.82) is 0 Å². The number of carbonyl (C=O) groups is 1. The highest BCUT2D eigenvalue weighted by molar-refractivity contribution is 5.91. The number of ether oxygens (including phenoxy) is 1. The molecule has 0 aliphatic carbocycles. The summed E-state index contributed by atoms with van der Waals surface area (Å²) < 4.78 is 5.55. The molecule has 0 saturated carbocycles. The molecule has 0 aromatic heterocycles. The molecule has 0 saturated heterocycles. The van der Waals surface area contributed by atoms with Crippen molar-refractivity contribution >= 4 is 11.6 Å². The molecule has 2 aromatic rings. The molecule has 0 aliphatic rings. The van der Waals surface area contributed by atoms with E-state index in [1.165, 1.54) is 0 Å². The van der Waals surface area contributed by atoms with Crippen LogP contribution >= 0.6 is 0 Å². The lowest BCUT2D eigenvalue weighted by atomic mass is 10.1. The van der Waals surface area contributed by atoms with Crippen LogP contribution in [0, 0.1) is 6.92 Å². The first-order valence-corrected chi connectivity index (χ1v) is 8.34. The van der Waals surface area contributed by atoms with Crippen molar-refractivity contribution in [1.82, 2.24) is 0 Å². The van der Waals surface area contributed by atoms with Crippen molar-refractivity contribution in [3.05, 3.63) is 59.2 Å². The molecule has 0 bridgehead atoms. The number of aliphatic hydroxyl groups excluding tert-OH is 1. The third-order valence-electron chi connectivity index (χ3n) is 3.80. The first-order valence-electron chi connectivity index (χ1n) is 8.34. The van der Waals surface area contributed by atoms with E-state index in [0.717, 1.165) is 34.5 Å². The van der Waals surface area contributed by atoms with Gasteiger partial charge < -0.3 is 15.2 Å². The summed E-state index contributed by atoms with van der Waals surface area (Å²) in [6.07, 6.45) is 2.08. The van der Waals surface area contributed by atoms with Gasteiger partial charge >= 0.3 is 0 Å². The fourth-order valence-corrected chi connectivity index (χ4v) is 2.35. The fourth-order valence-electron chi connectivity index (χ4n) is 2.35. The molecule has 128 valence electrons. The van der Waals surface area contributed by atoms with E-state index in [1.807, 2.05) is 49.4 Å². The SMILES string of the molecule is CCCOc1ccc(CCC(=O)Nc2cc(CO)ccc2C)cc1. The van der Waals surface area contributed by atoms with Gasteiger partial charge in [0.05, 0.1) is 13.2 Å². The largest absolute Gasteiger partial charge is 0.494 e. The minimum Gasteiger partial charge on any atom is -0.494 e. The van der Waals surface area contributed by atoms with Crippen LogP contribution in [0.2, 0.25) is 0 Å². The van der Waals surface area contributed by atoms with Gasteiger partial charge in [0.25, 0.3) is 0 Å². The molecular weight excluding hydrogens is 302 g/mol. The predicted molar refractivity (Wildman–Crippen MR) is 96.3 cm³/mol. The van der Waals surface area contributed by atoms with Crippen LogP contribution in [0.1, 0.15) is 36.5 Å². The Balaban J connectivity index is 1.87. The van der Waals surface area contributed by atoms with E-state index in [0.29, 0.717) is 19.4 Å². The van der Waals surface area contributed by atoms with Crippen molar-refractivity contribution in [3.8, 4) is 5.75 Å². The molecule has 24 heavy (non-hydrogen) atoms. The quantitative estimate of drug-likeness (QED) is 0.774. The molecule has 0 fully saturated rings. The van der Waals surface area contributed by atoms with Gasteiger partial charge in [0.15, 0.2) is 0 Å². The van der Waals surface area contributed by atoms with Gasteiger partial charge in [0.1, 0.15) is 5.75 Å². The molecule has 0 aliphatic heterocycles. The molecule has 4 heteroatoms. The lowest BCUT2D eigenvalue weighted by Gasteiger charge is -2.10. The van der Waals surface area contributed by atoms with Crippen molar-refractivity contribution in [3.63, 3.8) is 0 Å². The number of amides is 1. The highest BCUT2D eigenvalue weighted by Crippen LogP contribution is 2.18. The van der Waals surface area contributed by atoms with Crippen molar-refractivity contribution in [2.75, 3.05) is 11.9 Å². The summed E-state index contributed by atoms with van der Waals surface area (Å²) >= 11 is 0. The Morgan fingerprint density at radius 1 is 1.12 bits per heavy atom. The van der Waals surface area contributed by atoms with Crippen LogP contribution in [0.4, 0.5) is 5.69 Å². The van der Waals surface area contributed by atoms with Crippen LogP contribution in [-0.4, -0.2) is 17.6 Å². The van der Waals surface area contributed by atoms with Crippen molar-refractivity contribution in [2.45, 2.75) is 39.7 Å². The zero-order valence-corrected chi connectivity index (χ0v) is 14.3. The standard InChI is InChI=1S/C20H25NO3/c1-3-12-24-18-9-6-16(7-10-18)8-11-20(23)21-19-13-17(14-22)5-4-15(19)2/h4-7,9-10,13,22H,3,8,11-12,14H2,1-2H3,(H,21,23). The van der Waals surface area contributed by atoms with Crippen LogP contribution in [0.25, 0.3) is 0 Å². The summed E-state index contributed by atoms with van der Waals surface area (Å²) in [6.45, 7) is 4.69. The number of hydrogen-bond donors (Lipinski definition) is 2. The Bertz CT molecular complexity index is 665. The maximum Gasteiger partial charge on any atom is 0.224 e. The van der Waals surface area contributed by atoms with Gasteiger partial charge in [-0.15, -0.1) is 0 Å². The molecule has 0 atom stereocenters. The van der Waals surface area contributed by atoms with E-state index in [9.17, 15) is 9.90 Å². The number of aliphatic hydroxyl groups is 1. The topological polar surface area (TPSA) is 58.6 Å². The van der Waals surface area contributed by atoms with E-state index >= 15 is 0 Å². The second kappa shape index (κ2) is 9.08. The van der Waals surface area contributed by atoms with E-state index in [4.69, 9.17) is 4.74 Å². The van der Waals surface area contributed by atoms with Gasteiger partial charge in [-0.05, 0) is 54.7 Å². The number of rotatable bonds is 8. The molecule has 2 aromatic carbocycles. The number of aryl methyl sites for hydroxylation is 2. The highest BCUT2D eigenvalue weighted by atomic mass is 16.5. The predicted octanol–water partition coefficient (Wildman–Crippen LogP) is 3.85. The normalized spacial score (nSPS) is 10.5. The van der Waals surface area contributed by atoms with Gasteiger partial charge in [0, 0.05) is 12.1 Å². The molecule has 0 unspecified atom stereocenters. The van der Waals surface area contributed by atoms with Gasteiger partial charge in [-0.1, -0.05) is 31.2 Å². The Kier molecular flexibility index (Phi) is 6.82. The van der Waals surface area contributed by atoms with E-state index in [-0.39, 0.29) is 12.5 Å². The molecular formula is C20H25NO3. The monoisotopic (exact) mass is 327 g/mol. The average molecular weight is 327 g/mol. The van der Waals surface area contributed by atoms with Gasteiger partial charge in [0.2, 0.25) is 5.91 Å². The molecule has 2 rings (SSSR count). The fraction of sp³-hybridized carbons (Fsp3) is 0.350. The molecule has 0 heterocycles. The maximum absolute atomic E-state index is 12.1. The molecule has 1 amide bonds. The highest BCUT2D eigenvalue weighted by Gasteiger charge is 2.06. The summed E-state index contributed by atoms with van der Waals surface area (Å²) in [5.41, 5.74) is 3.64.